The lowest BCUT2D eigenvalue weighted by molar-refractivity contribution is -0.119. The summed E-state index contributed by atoms with van der Waals surface area (Å²) < 4.78 is 5.16. The average molecular weight is 186 g/mol. The summed E-state index contributed by atoms with van der Waals surface area (Å²) in [6, 6.07) is 0. The monoisotopic (exact) mass is 186 g/mol. The summed E-state index contributed by atoms with van der Waals surface area (Å²) in [5.41, 5.74) is 0. The summed E-state index contributed by atoms with van der Waals surface area (Å²) in [6.07, 6.45) is 5.77. The molecule has 0 saturated heterocycles. The SMILES string of the molecule is CCCCCC(=O)CCCOCC. The maximum Gasteiger partial charge on any atom is 0.132 e. The number of rotatable bonds is 9. The topological polar surface area (TPSA) is 26.3 Å². The molecule has 2 nitrogen and oxygen atoms in total. The van der Waals surface area contributed by atoms with E-state index in [4.69, 9.17) is 4.74 Å². The molecule has 2 heteroatoms. The summed E-state index contributed by atoms with van der Waals surface area (Å²) in [6.45, 7) is 5.61. The Kier molecular flexibility index (Phi) is 9.44. The lowest BCUT2D eigenvalue weighted by Crippen LogP contribution is -2.01. The molecule has 0 bridgehead atoms. The van der Waals surface area contributed by atoms with Crippen molar-refractivity contribution in [2.24, 2.45) is 0 Å². The molecule has 0 atom stereocenters. The Labute approximate surface area is 81.7 Å². The van der Waals surface area contributed by atoms with Crippen molar-refractivity contribution in [2.45, 2.75) is 52.4 Å². The van der Waals surface area contributed by atoms with Crippen molar-refractivity contribution in [1.29, 1.82) is 0 Å². The van der Waals surface area contributed by atoms with E-state index in [9.17, 15) is 4.79 Å². The smallest absolute Gasteiger partial charge is 0.132 e. The van der Waals surface area contributed by atoms with Crippen LogP contribution in [0.5, 0.6) is 0 Å². The lowest BCUT2D eigenvalue weighted by Gasteiger charge is -2.00. The molecular formula is C11H22O2. The van der Waals surface area contributed by atoms with Crippen molar-refractivity contribution >= 4 is 5.78 Å². The fraction of sp³-hybridized carbons (Fsp3) is 0.909. The van der Waals surface area contributed by atoms with Crippen LogP contribution >= 0.6 is 0 Å². The highest BCUT2D eigenvalue weighted by Gasteiger charge is 2.00. The van der Waals surface area contributed by atoms with Crippen molar-refractivity contribution in [1.82, 2.24) is 0 Å². The van der Waals surface area contributed by atoms with Crippen LogP contribution in [0.25, 0.3) is 0 Å². The summed E-state index contributed by atoms with van der Waals surface area (Å²) in [5.74, 6) is 0.396. The standard InChI is InChI=1S/C11H22O2/c1-3-5-6-8-11(12)9-7-10-13-4-2/h3-10H2,1-2H3. The van der Waals surface area contributed by atoms with E-state index in [1.165, 1.54) is 12.8 Å². The summed E-state index contributed by atoms with van der Waals surface area (Å²) >= 11 is 0. The van der Waals surface area contributed by atoms with Gasteiger partial charge in [-0.25, -0.2) is 0 Å². The van der Waals surface area contributed by atoms with Crippen molar-refractivity contribution in [3.05, 3.63) is 0 Å². The Morgan fingerprint density at radius 1 is 1.08 bits per heavy atom. The molecule has 0 amide bonds. The van der Waals surface area contributed by atoms with Gasteiger partial charge < -0.3 is 4.74 Å². The molecule has 0 N–H and O–H groups in total. The molecule has 0 spiro atoms. The van der Waals surface area contributed by atoms with Crippen molar-refractivity contribution in [3.63, 3.8) is 0 Å². The average Bonchev–Trinajstić information content (AvgIpc) is 2.13. The Hall–Kier alpha value is -0.370. The number of carbonyl (C=O) groups excluding carboxylic acids is 1. The highest BCUT2D eigenvalue weighted by atomic mass is 16.5. The van der Waals surface area contributed by atoms with E-state index in [1.807, 2.05) is 6.92 Å². The van der Waals surface area contributed by atoms with E-state index >= 15 is 0 Å². The van der Waals surface area contributed by atoms with E-state index in [1.54, 1.807) is 0 Å². The van der Waals surface area contributed by atoms with E-state index < -0.39 is 0 Å². The van der Waals surface area contributed by atoms with E-state index in [0.29, 0.717) is 12.2 Å². The van der Waals surface area contributed by atoms with Crippen LogP contribution in [-0.4, -0.2) is 19.0 Å². The van der Waals surface area contributed by atoms with Gasteiger partial charge in [0, 0.05) is 26.1 Å². The van der Waals surface area contributed by atoms with Crippen molar-refractivity contribution < 1.29 is 9.53 Å². The molecule has 0 rings (SSSR count). The lowest BCUT2D eigenvalue weighted by atomic mass is 10.1. The van der Waals surface area contributed by atoms with Gasteiger partial charge in [-0.2, -0.15) is 0 Å². The van der Waals surface area contributed by atoms with Crippen LogP contribution in [0.3, 0.4) is 0 Å². The maximum atomic E-state index is 11.2. The Morgan fingerprint density at radius 2 is 1.77 bits per heavy atom. The van der Waals surface area contributed by atoms with Crippen LogP contribution in [0.2, 0.25) is 0 Å². The summed E-state index contributed by atoms with van der Waals surface area (Å²) in [4.78, 5) is 11.2. The van der Waals surface area contributed by atoms with Gasteiger partial charge in [0.2, 0.25) is 0 Å². The van der Waals surface area contributed by atoms with Crippen molar-refractivity contribution in [2.75, 3.05) is 13.2 Å². The van der Waals surface area contributed by atoms with Crippen LogP contribution in [0, 0.1) is 0 Å². The summed E-state index contributed by atoms with van der Waals surface area (Å²) in [5, 5.41) is 0. The Bertz CT molecular complexity index is 121. The molecule has 78 valence electrons. The van der Waals surface area contributed by atoms with Gasteiger partial charge in [-0.1, -0.05) is 19.8 Å². The Balaban J connectivity index is 3.11. The fourth-order valence-electron chi connectivity index (χ4n) is 1.21. The molecule has 0 unspecified atom stereocenters. The molecule has 13 heavy (non-hydrogen) atoms. The predicted molar refractivity (Wildman–Crippen MR) is 54.9 cm³/mol. The zero-order chi connectivity index (χ0) is 9.94. The zero-order valence-electron chi connectivity index (χ0n) is 8.97. The molecule has 0 aliphatic rings. The van der Waals surface area contributed by atoms with Crippen LogP contribution in [-0.2, 0) is 9.53 Å². The van der Waals surface area contributed by atoms with E-state index in [-0.39, 0.29) is 0 Å². The molecule has 0 aromatic carbocycles. The first-order valence-electron chi connectivity index (χ1n) is 5.40. The molecule has 0 heterocycles. The quantitative estimate of drug-likeness (QED) is 0.517. The summed E-state index contributed by atoms with van der Waals surface area (Å²) in [7, 11) is 0. The first kappa shape index (κ1) is 12.6. The molecule has 0 aliphatic heterocycles. The van der Waals surface area contributed by atoms with Gasteiger partial charge in [0.25, 0.3) is 0 Å². The third-order valence-corrected chi connectivity index (χ3v) is 2.01. The number of unbranched alkanes of at least 4 members (excludes halogenated alkanes) is 2. The van der Waals surface area contributed by atoms with Gasteiger partial charge >= 0.3 is 0 Å². The van der Waals surface area contributed by atoms with Crippen molar-refractivity contribution in [3.8, 4) is 0 Å². The molecular weight excluding hydrogens is 164 g/mol. The maximum absolute atomic E-state index is 11.2. The molecule has 0 radical (unpaired) electrons. The zero-order valence-corrected chi connectivity index (χ0v) is 8.97. The van der Waals surface area contributed by atoms with E-state index in [2.05, 4.69) is 6.92 Å². The minimum atomic E-state index is 0.396. The number of carbonyl (C=O) groups is 1. The van der Waals surface area contributed by atoms with Gasteiger partial charge in [-0.15, -0.1) is 0 Å². The fourth-order valence-corrected chi connectivity index (χ4v) is 1.21. The molecule has 0 aliphatic carbocycles. The number of ketones is 1. The van der Waals surface area contributed by atoms with Crippen LogP contribution in [0.15, 0.2) is 0 Å². The first-order chi connectivity index (χ1) is 6.31. The largest absolute Gasteiger partial charge is 0.382 e. The number of hydrogen-bond donors (Lipinski definition) is 0. The second-order valence-electron chi connectivity index (χ2n) is 3.30. The minimum Gasteiger partial charge on any atom is -0.382 e. The van der Waals surface area contributed by atoms with Crippen LogP contribution in [0.4, 0.5) is 0 Å². The number of Topliss-reactive ketones (excluding diaryl/α,β-unsaturated/α-hetero) is 1. The number of hydrogen-bond acceptors (Lipinski definition) is 2. The second kappa shape index (κ2) is 9.72. The highest BCUT2D eigenvalue weighted by Crippen LogP contribution is 2.03. The van der Waals surface area contributed by atoms with Gasteiger partial charge in [0.05, 0.1) is 0 Å². The van der Waals surface area contributed by atoms with Crippen LogP contribution in [0.1, 0.15) is 52.4 Å². The molecule has 0 aromatic heterocycles. The van der Waals surface area contributed by atoms with Gasteiger partial charge in [-0.3, -0.25) is 4.79 Å². The van der Waals surface area contributed by atoms with Gasteiger partial charge in [-0.05, 0) is 19.8 Å². The molecule has 0 fully saturated rings. The van der Waals surface area contributed by atoms with E-state index in [0.717, 1.165) is 32.5 Å². The predicted octanol–water partition coefficient (Wildman–Crippen LogP) is 2.95. The molecule has 0 aromatic rings. The normalized spacial score (nSPS) is 10.3. The second-order valence-corrected chi connectivity index (χ2v) is 3.30. The third kappa shape index (κ3) is 9.54. The minimum absolute atomic E-state index is 0.396. The first-order valence-corrected chi connectivity index (χ1v) is 5.40. The van der Waals surface area contributed by atoms with Gasteiger partial charge in [0.1, 0.15) is 5.78 Å². The Morgan fingerprint density at radius 3 is 2.38 bits per heavy atom. The van der Waals surface area contributed by atoms with Gasteiger partial charge in [0.15, 0.2) is 0 Å². The highest BCUT2D eigenvalue weighted by molar-refractivity contribution is 5.78. The van der Waals surface area contributed by atoms with Crippen LogP contribution < -0.4 is 0 Å². The third-order valence-electron chi connectivity index (χ3n) is 2.01. The molecule has 0 saturated carbocycles. The number of ether oxygens (including phenoxy) is 1.